The monoisotopic (exact) mass is 259 g/mol. The summed E-state index contributed by atoms with van der Waals surface area (Å²) >= 11 is 0. The fraction of sp³-hybridized carbons (Fsp3) is 0.538. The van der Waals surface area contributed by atoms with Gasteiger partial charge in [0.25, 0.3) is 0 Å². The lowest BCUT2D eigenvalue weighted by molar-refractivity contribution is 0.234. The lowest BCUT2D eigenvalue weighted by atomic mass is 9.76. The van der Waals surface area contributed by atoms with Gasteiger partial charge in [0.15, 0.2) is 0 Å². The fourth-order valence-corrected chi connectivity index (χ4v) is 2.56. The lowest BCUT2D eigenvalue weighted by Gasteiger charge is -2.27. The molecule has 0 spiro atoms. The molecule has 1 atom stereocenters. The molecule has 6 nitrogen and oxygen atoms in total. The van der Waals surface area contributed by atoms with Crippen molar-refractivity contribution in [3.8, 4) is 11.6 Å². The molecule has 1 unspecified atom stereocenters. The fourth-order valence-electron chi connectivity index (χ4n) is 2.56. The molecule has 0 aliphatic carbocycles. The van der Waals surface area contributed by atoms with E-state index in [0.29, 0.717) is 23.5 Å². The Balaban J connectivity index is 1.97. The maximum absolute atomic E-state index is 5.49. The van der Waals surface area contributed by atoms with Crippen LogP contribution in [0.5, 0.6) is 0 Å². The summed E-state index contributed by atoms with van der Waals surface area (Å²) in [6.45, 7) is 6.24. The number of hydrogen-bond acceptors (Lipinski definition) is 6. The molecule has 0 aromatic carbocycles. The summed E-state index contributed by atoms with van der Waals surface area (Å²) in [6, 6.07) is 1.76. The van der Waals surface area contributed by atoms with Gasteiger partial charge in [0.05, 0.1) is 5.41 Å². The summed E-state index contributed by atoms with van der Waals surface area (Å²) in [7, 11) is 0. The Bertz CT molecular complexity index is 545. The quantitative estimate of drug-likeness (QED) is 0.898. The van der Waals surface area contributed by atoms with E-state index in [1.54, 1.807) is 18.5 Å². The zero-order chi connectivity index (χ0) is 13.3. The van der Waals surface area contributed by atoms with Crippen molar-refractivity contribution in [2.24, 2.45) is 5.92 Å². The second-order valence-electron chi connectivity index (χ2n) is 5.23. The van der Waals surface area contributed by atoms with Gasteiger partial charge in [0.1, 0.15) is 0 Å². The van der Waals surface area contributed by atoms with E-state index >= 15 is 0 Å². The van der Waals surface area contributed by atoms with E-state index in [1.165, 1.54) is 0 Å². The van der Waals surface area contributed by atoms with E-state index < -0.39 is 0 Å². The van der Waals surface area contributed by atoms with E-state index in [9.17, 15) is 0 Å². The molecule has 1 N–H and O–H groups in total. The lowest BCUT2D eigenvalue weighted by Crippen LogP contribution is -2.35. The standard InChI is InChI=1S/C13H17N5O/c1-9(2)13(4-7-14-8-13)12-17-11(18-19-12)10-15-5-3-6-16-10/h3,5-6,9,14H,4,7-8H2,1-2H3. The van der Waals surface area contributed by atoms with E-state index in [0.717, 1.165) is 19.5 Å². The van der Waals surface area contributed by atoms with Crippen molar-refractivity contribution in [1.82, 2.24) is 25.4 Å². The van der Waals surface area contributed by atoms with Crippen LogP contribution >= 0.6 is 0 Å². The maximum Gasteiger partial charge on any atom is 0.240 e. The van der Waals surface area contributed by atoms with Crippen LogP contribution in [0.25, 0.3) is 11.6 Å². The van der Waals surface area contributed by atoms with Crippen molar-refractivity contribution in [3.63, 3.8) is 0 Å². The van der Waals surface area contributed by atoms with Crippen LogP contribution in [0.4, 0.5) is 0 Å². The molecule has 2 aromatic rings. The third kappa shape index (κ3) is 2.02. The first kappa shape index (κ1) is 12.2. The smallest absolute Gasteiger partial charge is 0.240 e. The van der Waals surface area contributed by atoms with E-state index in [-0.39, 0.29) is 5.41 Å². The van der Waals surface area contributed by atoms with Crippen molar-refractivity contribution in [2.45, 2.75) is 25.7 Å². The van der Waals surface area contributed by atoms with Crippen LogP contribution < -0.4 is 5.32 Å². The first-order valence-corrected chi connectivity index (χ1v) is 6.55. The van der Waals surface area contributed by atoms with Crippen molar-refractivity contribution in [2.75, 3.05) is 13.1 Å². The number of rotatable bonds is 3. The Morgan fingerprint density at radius 3 is 2.68 bits per heavy atom. The average Bonchev–Trinajstić information content (AvgIpc) is 3.09. The minimum absolute atomic E-state index is 0.0694. The first-order chi connectivity index (χ1) is 9.22. The molecule has 1 aliphatic heterocycles. The van der Waals surface area contributed by atoms with Gasteiger partial charge < -0.3 is 9.84 Å². The van der Waals surface area contributed by atoms with Gasteiger partial charge in [-0.05, 0) is 24.9 Å². The highest BCUT2D eigenvalue weighted by Gasteiger charge is 2.43. The number of nitrogens with one attached hydrogen (secondary N) is 1. The van der Waals surface area contributed by atoms with Gasteiger partial charge in [-0.2, -0.15) is 4.98 Å². The summed E-state index contributed by atoms with van der Waals surface area (Å²) in [4.78, 5) is 12.8. The van der Waals surface area contributed by atoms with Gasteiger partial charge in [-0.25, -0.2) is 9.97 Å². The Morgan fingerprint density at radius 2 is 2.05 bits per heavy atom. The summed E-state index contributed by atoms with van der Waals surface area (Å²) in [6.07, 6.45) is 4.36. The SMILES string of the molecule is CC(C)C1(c2nc(-c3ncccn3)no2)CCNC1. The molecule has 19 heavy (non-hydrogen) atoms. The molecule has 1 fully saturated rings. The van der Waals surface area contributed by atoms with Crippen LogP contribution in [0.2, 0.25) is 0 Å². The van der Waals surface area contributed by atoms with Crippen molar-refractivity contribution in [3.05, 3.63) is 24.4 Å². The molecule has 6 heteroatoms. The third-order valence-electron chi connectivity index (χ3n) is 3.91. The normalized spacial score (nSPS) is 23.1. The summed E-state index contributed by atoms with van der Waals surface area (Å²) < 4.78 is 5.49. The molecule has 0 saturated carbocycles. The van der Waals surface area contributed by atoms with Gasteiger partial charge in [-0.3, -0.25) is 0 Å². The predicted molar refractivity (Wildman–Crippen MR) is 69.3 cm³/mol. The Hall–Kier alpha value is -1.82. The van der Waals surface area contributed by atoms with Gasteiger partial charge in [0.2, 0.25) is 17.5 Å². The number of nitrogens with zero attached hydrogens (tertiary/aromatic N) is 4. The predicted octanol–water partition coefficient (Wildman–Crippen LogP) is 1.41. The minimum Gasteiger partial charge on any atom is -0.338 e. The Kier molecular flexibility index (Phi) is 3.02. The van der Waals surface area contributed by atoms with Crippen LogP contribution in [-0.4, -0.2) is 33.2 Å². The summed E-state index contributed by atoms with van der Waals surface area (Å²) in [5.41, 5.74) is -0.0694. The number of hydrogen-bond donors (Lipinski definition) is 1. The molecule has 2 aromatic heterocycles. The molecule has 3 heterocycles. The molecule has 3 rings (SSSR count). The van der Waals surface area contributed by atoms with Crippen LogP contribution in [0.1, 0.15) is 26.2 Å². The average molecular weight is 259 g/mol. The van der Waals surface area contributed by atoms with E-state index in [2.05, 4.69) is 39.3 Å². The van der Waals surface area contributed by atoms with Gasteiger partial charge in [-0.1, -0.05) is 19.0 Å². The molecule has 0 radical (unpaired) electrons. The second kappa shape index (κ2) is 4.70. The summed E-state index contributed by atoms with van der Waals surface area (Å²) in [5.74, 6) is 2.09. The van der Waals surface area contributed by atoms with Crippen LogP contribution in [0.15, 0.2) is 23.0 Å². The molecule has 0 bridgehead atoms. The highest BCUT2D eigenvalue weighted by molar-refractivity contribution is 5.41. The Labute approximate surface area is 111 Å². The zero-order valence-corrected chi connectivity index (χ0v) is 11.1. The third-order valence-corrected chi connectivity index (χ3v) is 3.91. The Morgan fingerprint density at radius 1 is 1.26 bits per heavy atom. The number of aromatic nitrogens is 4. The van der Waals surface area contributed by atoms with Crippen LogP contribution in [0, 0.1) is 5.92 Å². The highest BCUT2D eigenvalue weighted by Crippen LogP contribution is 2.37. The highest BCUT2D eigenvalue weighted by atomic mass is 16.5. The first-order valence-electron chi connectivity index (χ1n) is 6.55. The van der Waals surface area contributed by atoms with Crippen LogP contribution in [-0.2, 0) is 5.41 Å². The zero-order valence-electron chi connectivity index (χ0n) is 11.1. The largest absolute Gasteiger partial charge is 0.338 e. The van der Waals surface area contributed by atoms with E-state index in [4.69, 9.17) is 4.52 Å². The molecule has 1 aliphatic rings. The van der Waals surface area contributed by atoms with Crippen molar-refractivity contribution >= 4 is 0 Å². The minimum atomic E-state index is -0.0694. The maximum atomic E-state index is 5.49. The second-order valence-corrected chi connectivity index (χ2v) is 5.23. The molecule has 0 amide bonds. The van der Waals surface area contributed by atoms with Gasteiger partial charge in [0, 0.05) is 18.9 Å². The topological polar surface area (TPSA) is 76.7 Å². The molecule has 1 saturated heterocycles. The van der Waals surface area contributed by atoms with E-state index in [1.807, 2.05) is 0 Å². The molecule has 100 valence electrons. The molecular formula is C13H17N5O. The van der Waals surface area contributed by atoms with Gasteiger partial charge in [-0.15, -0.1) is 0 Å². The van der Waals surface area contributed by atoms with Crippen molar-refractivity contribution in [1.29, 1.82) is 0 Å². The van der Waals surface area contributed by atoms with Gasteiger partial charge >= 0.3 is 0 Å². The summed E-state index contributed by atoms with van der Waals surface area (Å²) in [5, 5.41) is 7.40. The van der Waals surface area contributed by atoms with Crippen molar-refractivity contribution < 1.29 is 4.52 Å². The van der Waals surface area contributed by atoms with Crippen LogP contribution in [0.3, 0.4) is 0 Å². The molecular weight excluding hydrogens is 242 g/mol.